The van der Waals surface area contributed by atoms with Crippen molar-refractivity contribution in [3.63, 3.8) is 0 Å². The Hall–Kier alpha value is -1.69. The summed E-state index contributed by atoms with van der Waals surface area (Å²) in [6.07, 6.45) is 5.75. The minimum atomic E-state index is -1.24. The molecule has 0 spiro atoms. The highest BCUT2D eigenvalue weighted by Crippen LogP contribution is 2.33. The Morgan fingerprint density at radius 3 is 2.95 bits per heavy atom. The summed E-state index contributed by atoms with van der Waals surface area (Å²) in [7, 11) is 0. The third kappa shape index (κ3) is 1.95. The summed E-state index contributed by atoms with van der Waals surface area (Å²) >= 11 is 1.56. The molecule has 0 saturated heterocycles. The van der Waals surface area contributed by atoms with Crippen LogP contribution in [-0.2, 0) is 17.6 Å². The summed E-state index contributed by atoms with van der Waals surface area (Å²) < 4.78 is 1.21. The van der Waals surface area contributed by atoms with Gasteiger partial charge < -0.3 is 9.90 Å². The van der Waals surface area contributed by atoms with E-state index in [1.54, 1.807) is 18.3 Å². The first-order valence-electron chi connectivity index (χ1n) is 6.85. The molecule has 2 heterocycles. The monoisotopic (exact) mass is 291 g/mol. The van der Waals surface area contributed by atoms with Gasteiger partial charge in [-0.2, -0.15) is 0 Å². The molecule has 0 saturated carbocycles. The normalized spacial score (nSPS) is 16.1. The van der Waals surface area contributed by atoms with Gasteiger partial charge in [0.25, 0.3) is 5.56 Å². The van der Waals surface area contributed by atoms with Gasteiger partial charge in [0.05, 0.1) is 23.7 Å². The Kier molecular flexibility index (Phi) is 3.33. The molecular weight excluding hydrogens is 276 g/mol. The van der Waals surface area contributed by atoms with Crippen LogP contribution >= 0.6 is 11.3 Å². The summed E-state index contributed by atoms with van der Waals surface area (Å²) in [5, 5.41) is 11.8. The molecule has 3 rings (SSSR count). The van der Waals surface area contributed by atoms with Crippen molar-refractivity contribution in [2.24, 2.45) is 0 Å². The van der Waals surface area contributed by atoms with Crippen molar-refractivity contribution in [2.75, 3.05) is 0 Å². The van der Waals surface area contributed by atoms with E-state index in [1.807, 2.05) is 0 Å². The lowest BCUT2D eigenvalue weighted by Crippen LogP contribution is -2.38. The number of rotatable bonds is 3. The number of fused-ring (bicyclic) bond motifs is 3. The maximum Gasteiger partial charge on any atom is 0.262 e. The molecule has 0 fully saturated rings. The average Bonchev–Trinajstić information content (AvgIpc) is 2.81. The van der Waals surface area contributed by atoms with Crippen LogP contribution < -0.4 is 10.7 Å². The third-order valence-electron chi connectivity index (χ3n) is 3.90. The number of aromatic nitrogens is 2. The van der Waals surface area contributed by atoms with Gasteiger partial charge in [-0.15, -0.1) is 11.3 Å². The minimum absolute atomic E-state index is 0.245. The summed E-state index contributed by atoms with van der Waals surface area (Å²) in [5.41, 5.74) is 0.835. The standard InChI is InChI=1S/C14H16N2O3S/c1-2-9(14(18)19)16-7-15-12-11(13(16)17)8-5-3-4-6-10(8)20-12/h7,9H,2-6H2,1H3,(H,18,19)/p-1/t9-/m1/s1. The van der Waals surface area contributed by atoms with Gasteiger partial charge in [-0.05, 0) is 37.7 Å². The van der Waals surface area contributed by atoms with Crippen LogP contribution in [0.5, 0.6) is 0 Å². The lowest BCUT2D eigenvalue weighted by atomic mass is 9.97. The molecule has 1 atom stereocenters. The number of carbonyl (C=O) groups excluding carboxylic acids is 1. The number of carbonyl (C=O) groups is 1. The largest absolute Gasteiger partial charge is 0.548 e. The molecule has 1 aliphatic carbocycles. The van der Waals surface area contributed by atoms with Crippen molar-refractivity contribution in [2.45, 2.75) is 45.1 Å². The molecule has 1 aliphatic rings. The maximum atomic E-state index is 12.6. The van der Waals surface area contributed by atoms with E-state index in [4.69, 9.17) is 0 Å². The van der Waals surface area contributed by atoms with Crippen LogP contribution in [0.15, 0.2) is 11.1 Å². The van der Waals surface area contributed by atoms with Crippen LogP contribution in [0.1, 0.15) is 42.7 Å². The third-order valence-corrected chi connectivity index (χ3v) is 5.09. The number of nitrogens with zero attached hydrogens (tertiary/aromatic N) is 2. The summed E-state index contributed by atoms with van der Waals surface area (Å²) in [6, 6.07) is -0.946. The predicted molar refractivity (Wildman–Crippen MR) is 74.9 cm³/mol. The number of thiophene rings is 1. The molecule has 0 radical (unpaired) electrons. The molecule has 5 nitrogen and oxygen atoms in total. The molecule has 2 aromatic rings. The second-order valence-electron chi connectivity index (χ2n) is 5.09. The quantitative estimate of drug-likeness (QED) is 0.846. The van der Waals surface area contributed by atoms with Gasteiger partial charge in [-0.25, -0.2) is 4.98 Å². The lowest BCUT2D eigenvalue weighted by molar-refractivity contribution is -0.310. The van der Waals surface area contributed by atoms with Crippen molar-refractivity contribution in [3.05, 3.63) is 27.1 Å². The minimum Gasteiger partial charge on any atom is -0.548 e. The molecule has 0 amide bonds. The molecule has 0 aliphatic heterocycles. The first-order chi connectivity index (χ1) is 9.63. The van der Waals surface area contributed by atoms with Gasteiger partial charge in [-0.1, -0.05) is 6.92 Å². The van der Waals surface area contributed by atoms with E-state index >= 15 is 0 Å². The van der Waals surface area contributed by atoms with Gasteiger partial charge in [0.15, 0.2) is 0 Å². The van der Waals surface area contributed by atoms with E-state index in [1.165, 1.54) is 15.8 Å². The van der Waals surface area contributed by atoms with E-state index in [0.717, 1.165) is 36.1 Å². The van der Waals surface area contributed by atoms with Gasteiger partial charge in [0.1, 0.15) is 4.83 Å². The molecular formula is C14H15N2O3S-. The lowest BCUT2D eigenvalue weighted by Gasteiger charge is -2.18. The maximum absolute atomic E-state index is 12.6. The van der Waals surface area contributed by atoms with Gasteiger partial charge >= 0.3 is 0 Å². The highest BCUT2D eigenvalue weighted by Gasteiger charge is 2.21. The van der Waals surface area contributed by atoms with E-state index in [9.17, 15) is 14.7 Å². The predicted octanol–water partition coefficient (Wildman–Crippen LogP) is 1.04. The van der Waals surface area contributed by atoms with E-state index in [0.29, 0.717) is 11.8 Å². The van der Waals surface area contributed by atoms with Crippen molar-refractivity contribution in [3.8, 4) is 0 Å². The van der Waals surface area contributed by atoms with Crippen LogP contribution in [0.4, 0.5) is 0 Å². The Labute approximate surface area is 119 Å². The fourth-order valence-corrected chi connectivity index (χ4v) is 4.08. The van der Waals surface area contributed by atoms with Crippen molar-refractivity contribution in [1.82, 2.24) is 9.55 Å². The second-order valence-corrected chi connectivity index (χ2v) is 6.17. The summed E-state index contributed by atoms with van der Waals surface area (Å²) in [4.78, 5) is 30.0. The Balaban J connectivity index is 2.24. The number of carboxylic acids is 1. The molecule has 0 aromatic carbocycles. The molecule has 0 N–H and O–H groups in total. The first kappa shape index (κ1) is 13.3. The number of hydrogen-bond acceptors (Lipinski definition) is 5. The van der Waals surface area contributed by atoms with Crippen LogP contribution in [0.25, 0.3) is 10.2 Å². The van der Waals surface area contributed by atoms with Crippen molar-refractivity contribution < 1.29 is 9.90 Å². The van der Waals surface area contributed by atoms with Crippen LogP contribution in [0.3, 0.4) is 0 Å². The number of hydrogen-bond donors (Lipinski definition) is 0. The van der Waals surface area contributed by atoms with Crippen LogP contribution in [0, 0.1) is 0 Å². The smallest absolute Gasteiger partial charge is 0.262 e. The zero-order valence-electron chi connectivity index (χ0n) is 11.2. The van der Waals surface area contributed by atoms with E-state index in [-0.39, 0.29) is 5.56 Å². The van der Waals surface area contributed by atoms with Crippen molar-refractivity contribution >= 4 is 27.5 Å². The Bertz CT molecular complexity index is 732. The fraction of sp³-hybridized carbons (Fsp3) is 0.500. The molecule has 0 unspecified atom stereocenters. The summed E-state index contributed by atoms with van der Waals surface area (Å²) in [5.74, 6) is -1.24. The van der Waals surface area contributed by atoms with Crippen LogP contribution in [0.2, 0.25) is 0 Å². The molecule has 106 valence electrons. The van der Waals surface area contributed by atoms with Crippen molar-refractivity contribution in [1.29, 1.82) is 0 Å². The van der Waals surface area contributed by atoms with Gasteiger partial charge in [0.2, 0.25) is 0 Å². The second kappa shape index (κ2) is 5.01. The highest BCUT2D eigenvalue weighted by atomic mass is 32.1. The molecule has 20 heavy (non-hydrogen) atoms. The molecule has 0 bridgehead atoms. The number of carboxylic acid groups (broad SMARTS) is 1. The van der Waals surface area contributed by atoms with Gasteiger partial charge in [0, 0.05) is 4.88 Å². The SMILES string of the molecule is CC[C@H](C(=O)[O-])n1cnc2sc3c(c2c1=O)CCCC3. The van der Waals surface area contributed by atoms with E-state index < -0.39 is 12.0 Å². The zero-order chi connectivity index (χ0) is 14.3. The molecule has 2 aromatic heterocycles. The zero-order valence-corrected chi connectivity index (χ0v) is 12.0. The Morgan fingerprint density at radius 2 is 2.25 bits per heavy atom. The van der Waals surface area contributed by atoms with Gasteiger partial charge in [-0.3, -0.25) is 9.36 Å². The highest BCUT2D eigenvalue weighted by molar-refractivity contribution is 7.18. The first-order valence-corrected chi connectivity index (χ1v) is 7.67. The van der Waals surface area contributed by atoms with E-state index in [2.05, 4.69) is 4.98 Å². The fourth-order valence-electron chi connectivity index (χ4n) is 2.86. The summed E-state index contributed by atoms with van der Waals surface area (Å²) in [6.45, 7) is 1.72. The number of aliphatic carboxylic acids is 1. The molecule has 6 heteroatoms. The average molecular weight is 291 g/mol. The van der Waals surface area contributed by atoms with Crippen LogP contribution in [-0.4, -0.2) is 15.5 Å². The topological polar surface area (TPSA) is 75.0 Å². The number of aryl methyl sites for hydroxylation is 2. The Morgan fingerprint density at radius 1 is 1.50 bits per heavy atom.